The summed E-state index contributed by atoms with van der Waals surface area (Å²) < 4.78 is 16.5. The monoisotopic (exact) mass is 437 g/mol. The van der Waals surface area contributed by atoms with Crippen molar-refractivity contribution in [3.05, 3.63) is 56.8 Å². The minimum absolute atomic E-state index is 0.286. The van der Waals surface area contributed by atoms with E-state index < -0.39 is 0 Å². The molecule has 7 nitrogen and oxygen atoms in total. The van der Waals surface area contributed by atoms with Crippen molar-refractivity contribution in [2.75, 3.05) is 12.4 Å². The number of hydrogen-bond donors (Lipinski definition) is 1. The van der Waals surface area contributed by atoms with Crippen molar-refractivity contribution >= 4 is 22.2 Å². The summed E-state index contributed by atoms with van der Waals surface area (Å²) in [5.41, 5.74) is 3.78. The predicted octanol–water partition coefficient (Wildman–Crippen LogP) is 4.94. The number of methoxy groups -OCH3 is 1. The van der Waals surface area contributed by atoms with Crippen LogP contribution in [0.3, 0.4) is 0 Å². The van der Waals surface area contributed by atoms with Gasteiger partial charge in [0.2, 0.25) is 0 Å². The summed E-state index contributed by atoms with van der Waals surface area (Å²) in [6, 6.07) is 7.29. The molecule has 0 radical (unpaired) electrons. The zero-order valence-corrected chi connectivity index (χ0v) is 18.5. The minimum atomic E-state index is -0.286. The molecule has 1 amide bonds. The van der Waals surface area contributed by atoms with Gasteiger partial charge in [-0.05, 0) is 63.3 Å². The number of fused-ring (bicyclic) bond motifs is 1. The van der Waals surface area contributed by atoms with Crippen LogP contribution in [0.5, 0.6) is 11.5 Å². The molecule has 0 bridgehead atoms. The molecule has 0 aliphatic heterocycles. The van der Waals surface area contributed by atoms with E-state index in [2.05, 4.69) is 16.5 Å². The van der Waals surface area contributed by atoms with Crippen LogP contribution in [0.4, 0.5) is 5.00 Å². The Hall–Kier alpha value is -3.31. The molecule has 31 heavy (non-hydrogen) atoms. The van der Waals surface area contributed by atoms with Gasteiger partial charge in [0.25, 0.3) is 5.91 Å². The molecule has 8 heteroatoms. The molecule has 4 rings (SSSR count). The van der Waals surface area contributed by atoms with E-state index in [1.54, 1.807) is 18.2 Å². The van der Waals surface area contributed by atoms with E-state index in [1.165, 1.54) is 23.3 Å². The average molecular weight is 438 g/mol. The van der Waals surface area contributed by atoms with E-state index >= 15 is 0 Å². The van der Waals surface area contributed by atoms with Crippen molar-refractivity contribution in [2.45, 2.75) is 46.1 Å². The first-order chi connectivity index (χ1) is 15.0. The van der Waals surface area contributed by atoms with E-state index in [1.807, 2.05) is 13.8 Å². The van der Waals surface area contributed by atoms with Crippen molar-refractivity contribution < 1.29 is 18.8 Å². The summed E-state index contributed by atoms with van der Waals surface area (Å²) in [5.74, 6) is 1.39. The van der Waals surface area contributed by atoms with Gasteiger partial charge in [0.15, 0.2) is 11.5 Å². The fourth-order valence-electron chi connectivity index (χ4n) is 3.73. The Kier molecular flexibility index (Phi) is 5.96. The van der Waals surface area contributed by atoms with Crippen LogP contribution < -0.4 is 14.8 Å². The Morgan fingerprint density at radius 3 is 2.81 bits per heavy atom. The molecule has 0 spiro atoms. The van der Waals surface area contributed by atoms with Gasteiger partial charge in [-0.3, -0.25) is 4.79 Å². The highest BCUT2D eigenvalue weighted by Gasteiger charge is 2.22. The maximum Gasteiger partial charge on any atom is 0.256 e. The van der Waals surface area contributed by atoms with Gasteiger partial charge in [-0.15, -0.1) is 11.3 Å². The molecule has 2 heterocycles. The third kappa shape index (κ3) is 4.14. The third-order valence-corrected chi connectivity index (χ3v) is 6.70. The predicted molar refractivity (Wildman–Crippen MR) is 117 cm³/mol. The Bertz CT molecular complexity index is 1150. The summed E-state index contributed by atoms with van der Waals surface area (Å²) in [6.07, 6.45) is 4.07. The smallest absolute Gasteiger partial charge is 0.256 e. The molecule has 1 aliphatic rings. The second kappa shape index (κ2) is 8.82. The number of carbonyl (C=O) groups is 1. The number of rotatable bonds is 6. The first-order valence-electron chi connectivity index (χ1n) is 10.1. The number of benzene rings is 1. The van der Waals surface area contributed by atoms with Crippen molar-refractivity contribution in [1.82, 2.24) is 5.16 Å². The number of hydrogen-bond acceptors (Lipinski definition) is 7. The number of nitrogens with one attached hydrogen (secondary N) is 1. The van der Waals surface area contributed by atoms with Gasteiger partial charge in [0.05, 0.1) is 23.9 Å². The van der Waals surface area contributed by atoms with Crippen molar-refractivity contribution in [2.24, 2.45) is 0 Å². The van der Waals surface area contributed by atoms with Gasteiger partial charge in [-0.1, -0.05) is 5.16 Å². The summed E-state index contributed by atoms with van der Waals surface area (Å²) in [5, 5.41) is 17.1. The van der Waals surface area contributed by atoms with Gasteiger partial charge in [-0.2, -0.15) is 5.26 Å². The topological polar surface area (TPSA) is 97.4 Å². The summed E-state index contributed by atoms with van der Waals surface area (Å²) in [4.78, 5) is 14.1. The highest BCUT2D eigenvalue weighted by Crippen LogP contribution is 2.38. The summed E-state index contributed by atoms with van der Waals surface area (Å²) >= 11 is 1.51. The number of nitrogens with zero attached hydrogens (tertiary/aromatic N) is 2. The largest absolute Gasteiger partial charge is 0.493 e. The lowest BCUT2D eigenvalue weighted by atomic mass is 9.96. The van der Waals surface area contributed by atoms with Crippen LogP contribution in [0.1, 0.15) is 56.2 Å². The lowest BCUT2D eigenvalue weighted by Gasteiger charge is -2.12. The van der Waals surface area contributed by atoms with E-state index in [9.17, 15) is 10.1 Å². The number of aryl methyl sites for hydroxylation is 3. The number of thiophene rings is 1. The zero-order chi connectivity index (χ0) is 22.0. The molecule has 160 valence electrons. The molecule has 0 saturated heterocycles. The molecule has 2 aromatic heterocycles. The maximum atomic E-state index is 12.9. The third-order valence-electron chi connectivity index (χ3n) is 5.49. The molecule has 0 unspecified atom stereocenters. The highest BCUT2D eigenvalue weighted by molar-refractivity contribution is 7.16. The minimum Gasteiger partial charge on any atom is -0.493 e. The van der Waals surface area contributed by atoms with Crippen LogP contribution in [0.25, 0.3) is 0 Å². The van der Waals surface area contributed by atoms with Crippen molar-refractivity contribution in [1.29, 1.82) is 5.26 Å². The van der Waals surface area contributed by atoms with Gasteiger partial charge in [0, 0.05) is 10.4 Å². The maximum absolute atomic E-state index is 12.9. The van der Waals surface area contributed by atoms with Gasteiger partial charge in [0.1, 0.15) is 23.4 Å². The summed E-state index contributed by atoms with van der Waals surface area (Å²) in [6.45, 7) is 3.98. The van der Waals surface area contributed by atoms with Crippen molar-refractivity contribution in [3.8, 4) is 17.6 Å². The number of anilines is 1. The normalized spacial score (nSPS) is 12.7. The number of aromatic nitrogens is 1. The van der Waals surface area contributed by atoms with E-state index in [-0.39, 0.29) is 12.5 Å². The lowest BCUT2D eigenvalue weighted by Crippen LogP contribution is -2.12. The zero-order valence-electron chi connectivity index (χ0n) is 17.7. The first kappa shape index (κ1) is 20.9. The molecule has 0 saturated carbocycles. The number of carbonyl (C=O) groups excluding carboxylic acids is 1. The molecule has 0 fully saturated rings. The molecule has 1 aliphatic carbocycles. The van der Waals surface area contributed by atoms with Crippen molar-refractivity contribution in [3.63, 3.8) is 0 Å². The fraction of sp³-hybridized carbons (Fsp3) is 0.348. The Balaban J connectivity index is 1.52. The van der Waals surface area contributed by atoms with Crippen LogP contribution in [0.2, 0.25) is 0 Å². The fourth-order valence-corrected chi connectivity index (χ4v) is 4.97. The number of amides is 1. The number of nitriles is 1. The van der Waals surface area contributed by atoms with E-state index in [0.29, 0.717) is 33.4 Å². The van der Waals surface area contributed by atoms with Crippen LogP contribution in [0.15, 0.2) is 22.7 Å². The Labute approximate surface area is 184 Å². The molecule has 3 aromatic rings. The van der Waals surface area contributed by atoms with Gasteiger partial charge >= 0.3 is 0 Å². The lowest BCUT2D eigenvalue weighted by molar-refractivity contribution is 0.102. The van der Waals surface area contributed by atoms with Crippen LogP contribution in [-0.4, -0.2) is 18.2 Å². The molecule has 1 aromatic carbocycles. The SMILES string of the molecule is COc1cc(C(=O)Nc2sc3c(c2C#N)CCCC3)ccc1OCc1c(C)noc1C. The second-order valence-corrected chi connectivity index (χ2v) is 8.54. The standard InChI is InChI=1S/C23H23N3O4S/c1-13-18(14(2)30-26-13)12-29-19-9-8-15(10-20(19)28-3)22(27)25-23-17(11-24)16-6-4-5-7-21(16)31-23/h8-10H,4-7,12H2,1-3H3,(H,25,27). The summed E-state index contributed by atoms with van der Waals surface area (Å²) in [7, 11) is 1.53. The number of ether oxygens (including phenoxy) is 2. The van der Waals surface area contributed by atoms with Gasteiger partial charge in [-0.25, -0.2) is 0 Å². The van der Waals surface area contributed by atoms with Crippen LogP contribution >= 0.6 is 11.3 Å². The van der Waals surface area contributed by atoms with Gasteiger partial charge < -0.3 is 19.3 Å². The Morgan fingerprint density at radius 2 is 2.10 bits per heavy atom. The Morgan fingerprint density at radius 1 is 1.29 bits per heavy atom. The molecule has 1 N–H and O–H groups in total. The second-order valence-electron chi connectivity index (χ2n) is 7.44. The molecular formula is C23H23N3O4S. The highest BCUT2D eigenvalue weighted by atomic mass is 32.1. The molecular weight excluding hydrogens is 414 g/mol. The average Bonchev–Trinajstić information content (AvgIpc) is 3.30. The quantitative estimate of drug-likeness (QED) is 0.586. The van der Waals surface area contributed by atoms with E-state index in [4.69, 9.17) is 14.0 Å². The first-order valence-corrected chi connectivity index (χ1v) is 10.9. The van der Waals surface area contributed by atoms with Crippen LogP contribution in [0, 0.1) is 25.2 Å². The van der Waals surface area contributed by atoms with Crippen LogP contribution in [-0.2, 0) is 19.4 Å². The molecule has 0 atom stereocenters. The van der Waals surface area contributed by atoms with E-state index in [0.717, 1.165) is 42.5 Å².